The third-order valence-corrected chi connectivity index (χ3v) is 4.45. The van der Waals surface area contributed by atoms with Crippen molar-refractivity contribution in [3.63, 3.8) is 0 Å². The number of ether oxygens (including phenoxy) is 1. The van der Waals surface area contributed by atoms with Crippen molar-refractivity contribution in [2.24, 2.45) is 0 Å². The van der Waals surface area contributed by atoms with E-state index in [1.54, 1.807) is 4.90 Å². The number of nitrogens with zero attached hydrogens (tertiary/aromatic N) is 1. The second-order valence-electron chi connectivity index (χ2n) is 6.66. The van der Waals surface area contributed by atoms with Crippen LogP contribution in [0.1, 0.15) is 36.1 Å². The molecule has 1 aliphatic rings. The summed E-state index contributed by atoms with van der Waals surface area (Å²) in [5.41, 5.74) is 3.93. The Hall–Kier alpha value is -2.82. The second-order valence-corrected chi connectivity index (χ2v) is 6.66. The molecule has 2 aromatic carbocycles. The number of benzene rings is 2. The molecule has 3 rings (SSSR count). The minimum Gasteiger partial charge on any atom is -0.494 e. The monoisotopic (exact) mass is 352 g/mol. The van der Waals surface area contributed by atoms with Crippen LogP contribution in [-0.4, -0.2) is 25.0 Å². The number of fused-ring (bicyclic) bond motifs is 1. The van der Waals surface area contributed by atoms with E-state index < -0.39 is 6.04 Å². The van der Waals surface area contributed by atoms with Gasteiger partial charge in [0.15, 0.2) is 0 Å². The fraction of sp³-hybridized carbons (Fsp3) is 0.333. The van der Waals surface area contributed by atoms with Gasteiger partial charge < -0.3 is 15.0 Å². The van der Waals surface area contributed by atoms with Gasteiger partial charge >= 0.3 is 0 Å². The molecular weight excluding hydrogens is 328 g/mol. The Morgan fingerprint density at radius 3 is 2.62 bits per heavy atom. The van der Waals surface area contributed by atoms with E-state index in [0.29, 0.717) is 19.6 Å². The van der Waals surface area contributed by atoms with Crippen LogP contribution in [0.4, 0.5) is 5.69 Å². The summed E-state index contributed by atoms with van der Waals surface area (Å²) in [6, 6.07) is 13.1. The van der Waals surface area contributed by atoms with Gasteiger partial charge in [-0.3, -0.25) is 9.59 Å². The summed E-state index contributed by atoms with van der Waals surface area (Å²) in [5, 5.41) is 2.79. The maximum atomic E-state index is 12.9. The van der Waals surface area contributed by atoms with Crippen LogP contribution in [0.3, 0.4) is 0 Å². The first kappa shape index (κ1) is 18.0. The highest BCUT2D eigenvalue weighted by Crippen LogP contribution is 2.39. The zero-order valence-electron chi connectivity index (χ0n) is 15.4. The normalized spacial score (nSPS) is 15.7. The van der Waals surface area contributed by atoms with Crippen molar-refractivity contribution >= 4 is 17.5 Å². The summed E-state index contributed by atoms with van der Waals surface area (Å²) >= 11 is 0. The van der Waals surface area contributed by atoms with E-state index in [1.165, 1.54) is 6.92 Å². The van der Waals surface area contributed by atoms with Crippen molar-refractivity contribution in [3.05, 3.63) is 59.2 Å². The number of carbonyl (C=O) groups is 2. The summed E-state index contributed by atoms with van der Waals surface area (Å²) in [5.74, 6) is 0.537. The lowest BCUT2D eigenvalue weighted by Crippen LogP contribution is -2.37. The van der Waals surface area contributed by atoms with Crippen molar-refractivity contribution < 1.29 is 14.3 Å². The molecule has 0 saturated carbocycles. The summed E-state index contributed by atoms with van der Waals surface area (Å²) < 4.78 is 5.72. The number of nitrogens with one attached hydrogen (secondary N) is 1. The SMILES string of the molecule is CC(=O)N[C@@H]1C(=O)N(CCCOc2ccccc2)c2c(C)cc(C)cc21. The smallest absolute Gasteiger partial charge is 0.254 e. The Labute approximate surface area is 154 Å². The fourth-order valence-corrected chi connectivity index (χ4v) is 3.47. The minimum atomic E-state index is -0.601. The molecule has 0 bridgehead atoms. The molecule has 0 aromatic heterocycles. The maximum Gasteiger partial charge on any atom is 0.254 e. The van der Waals surface area contributed by atoms with Crippen LogP contribution in [0.25, 0.3) is 0 Å². The second kappa shape index (κ2) is 7.60. The van der Waals surface area contributed by atoms with Crippen molar-refractivity contribution in [2.45, 2.75) is 33.2 Å². The largest absolute Gasteiger partial charge is 0.494 e. The highest BCUT2D eigenvalue weighted by molar-refractivity contribution is 6.06. The maximum absolute atomic E-state index is 12.9. The van der Waals surface area contributed by atoms with Crippen molar-refractivity contribution in [3.8, 4) is 5.75 Å². The van der Waals surface area contributed by atoms with Crippen LogP contribution >= 0.6 is 0 Å². The lowest BCUT2D eigenvalue weighted by atomic mass is 10.0. The number of para-hydroxylation sites is 1. The summed E-state index contributed by atoms with van der Waals surface area (Å²) in [6.45, 7) is 6.52. The molecule has 5 nitrogen and oxygen atoms in total. The predicted octanol–water partition coefficient (Wildman–Crippen LogP) is 3.30. The Kier molecular flexibility index (Phi) is 5.26. The lowest BCUT2D eigenvalue weighted by Gasteiger charge is -2.20. The van der Waals surface area contributed by atoms with Crippen LogP contribution in [0.15, 0.2) is 42.5 Å². The van der Waals surface area contributed by atoms with Crippen LogP contribution in [0.5, 0.6) is 5.75 Å². The standard InChI is InChI=1S/C21H24N2O3/c1-14-12-15(2)20-18(13-14)19(22-16(3)24)21(25)23(20)10-7-11-26-17-8-5-4-6-9-17/h4-6,8-9,12-13,19H,7,10-11H2,1-3H3,(H,22,24)/t19-/m0/s1. The fourth-order valence-electron chi connectivity index (χ4n) is 3.47. The molecule has 1 N–H and O–H groups in total. The third-order valence-electron chi connectivity index (χ3n) is 4.45. The average Bonchev–Trinajstić information content (AvgIpc) is 2.85. The van der Waals surface area contributed by atoms with Gasteiger partial charge in [0.2, 0.25) is 5.91 Å². The van der Waals surface area contributed by atoms with Crippen molar-refractivity contribution in [1.29, 1.82) is 0 Å². The van der Waals surface area contributed by atoms with E-state index in [4.69, 9.17) is 4.74 Å². The molecule has 2 amide bonds. The van der Waals surface area contributed by atoms with Gasteiger partial charge in [-0.2, -0.15) is 0 Å². The highest BCUT2D eigenvalue weighted by Gasteiger charge is 2.38. The topological polar surface area (TPSA) is 58.6 Å². The molecule has 0 saturated heterocycles. The van der Waals surface area contributed by atoms with E-state index in [9.17, 15) is 9.59 Å². The van der Waals surface area contributed by atoms with Gasteiger partial charge in [-0.15, -0.1) is 0 Å². The van der Waals surface area contributed by atoms with Crippen molar-refractivity contribution in [1.82, 2.24) is 5.32 Å². The first-order chi connectivity index (χ1) is 12.5. The van der Waals surface area contributed by atoms with Gasteiger partial charge in [-0.05, 0) is 38.0 Å². The molecule has 1 heterocycles. The molecule has 5 heteroatoms. The van der Waals surface area contributed by atoms with E-state index in [2.05, 4.69) is 11.4 Å². The lowest BCUT2D eigenvalue weighted by molar-refractivity contribution is -0.126. The number of carbonyl (C=O) groups excluding carboxylic acids is 2. The Balaban J connectivity index is 1.73. The van der Waals surface area contributed by atoms with Crippen LogP contribution in [-0.2, 0) is 9.59 Å². The van der Waals surface area contributed by atoms with Gasteiger partial charge in [-0.1, -0.05) is 35.9 Å². The molecule has 136 valence electrons. The predicted molar refractivity (Wildman–Crippen MR) is 101 cm³/mol. The molecule has 0 radical (unpaired) electrons. The van der Waals surface area contributed by atoms with E-state index in [1.807, 2.05) is 50.2 Å². The van der Waals surface area contributed by atoms with E-state index >= 15 is 0 Å². The molecule has 0 unspecified atom stereocenters. The Morgan fingerprint density at radius 2 is 1.92 bits per heavy atom. The number of aryl methyl sites for hydroxylation is 2. The van der Waals surface area contributed by atoms with Crippen LogP contribution < -0.4 is 15.0 Å². The summed E-state index contributed by atoms with van der Waals surface area (Å²) in [7, 11) is 0. The van der Waals surface area contributed by atoms with E-state index in [-0.39, 0.29) is 11.8 Å². The highest BCUT2D eigenvalue weighted by atomic mass is 16.5. The first-order valence-electron chi connectivity index (χ1n) is 8.85. The molecule has 2 aromatic rings. The molecule has 26 heavy (non-hydrogen) atoms. The third kappa shape index (κ3) is 3.72. The van der Waals surface area contributed by atoms with Gasteiger partial charge in [0.1, 0.15) is 11.8 Å². The Morgan fingerprint density at radius 1 is 1.19 bits per heavy atom. The average molecular weight is 352 g/mol. The molecular formula is C21H24N2O3. The number of hydrogen-bond donors (Lipinski definition) is 1. The zero-order valence-corrected chi connectivity index (χ0v) is 15.4. The number of anilines is 1. The van der Waals surface area contributed by atoms with E-state index in [0.717, 1.165) is 28.1 Å². The zero-order chi connectivity index (χ0) is 18.7. The number of hydrogen-bond acceptors (Lipinski definition) is 3. The van der Waals surface area contributed by atoms with Gasteiger partial charge in [-0.25, -0.2) is 0 Å². The summed E-state index contributed by atoms with van der Waals surface area (Å²) in [6.07, 6.45) is 0.709. The molecule has 0 aliphatic carbocycles. The summed E-state index contributed by atoms with van der Waals surface area (Å²) in [4.78, 5) is 26.2. The van der Waals surface area contributed by atoms with Crippen molar-refractivity contribution in [2.75, 3.05) is 18.1 Å². The van der Waals surface area contributed by atoms with Crippen LogP contribution in [0, 0.1) is 13.8 Å². The van der Waals surface area contributed by atoms with Gasteiger partial charge in [0.25, 0.3) is 5.91 Å². The molecule has 0 spiro atoms. The molecule has 1 atom stereocenters. The quantitative estimate of drug-likeness (QED) is 0.812. The minimum absolute atomic E-state index is 0.0800. The van der Waals surface area contributed by atoms with Gasteiger partial charge in [0, 0.05) is 19.0 Å². The van der Waals surface area contributed by atoms with Gasteiger partial charge in [0.05, 0.1) is 12.3 Å². The molecule has 0 fully saturated rings. The Bertz CT molecular complexity index is 818. The first-order valence-corrected chi connectivity index (χ1v) is 8.85. The van der Waals surface area contributed by atoms with Crippen LogP contribution in [0.2, 0.25) is 0 Å². The molecule has 1 aliphatic heterocycles. The number of amides is 2. The number of rotatable bonds is 6.